The Labute approximate surface area is 180 Å². The lowest BCUT2D eigenvalue weighted by molar-refractivity contribution is -0.129. The topological polar surface area (TPSA) is 82.0 Å². The Morgan fingerprint density at radius 2 is 1.61 bits per heavy atom. The first kappa shape index (κ1) is 20.6. The Hall–Kier alpha value is -3.71. The third kappa shape index (κ3) is 4.73. The number of aliphatic imine (C=N–C) groups is 1. The van der Waals surface area contributed by atoms with Gasteiger partial charge in [0.15, 0.2) is 5.70 Å². The minimum Gasteiger partial charge on any atom is -0.402 e. The van der Waals surface area contributed by atoms with Crippen molar-refractivity contribution in [1.82, 2.24) is 0 Å². The molecule has 4 rings (SSSR count). The van der Waals surface area contributed by atoms with Gasteiger partial charge < -0.3 is 8.92 Å². The number of ether oxygens (including phenoxy) is 1. The van der Waals surface area contributed by atoms with E-state index < -0.39 is 16.1 Å². The third-order valence-electron chi connectivity index (χ3n) is 4.58. The minimum atomic E-state index is -3.93. The van der Waals surface area contributed by atoms with Crippen molar-refractivity contribution in [3.63, 3.8) is 0 Å². The second-order valence-corrected chi connectivity index (χ2v) is 8.67. The van der Waals surface area contributed by atoms with E-state index in [1.54, 1.807) is 30.3 Å². The third-order valence-corrected chi connectivity index (χ3v) is 5.85. The molecule has 1 heterocycles. The van der Waals surface area contributed by atoms with Crippen LogP contribution >= 0.6 is 0 Å². The van der Waals surface area contributed by atoms with Crippen molar-refractivity contribution in [2.75, 3.05) is 0 Å². The summed E-state index contributed by atoms with van der Waals surface area (Å²) < 4.78 is 35.3. The summed E-state index contributed by atoms with van der Waals surface area (Å²) in [7, 11) is -3.93. The van der Waals surface area contributed by atoms with Crippen LogP contribution in [0.4, 0.5) is 0 Å². The summed E-state index contributed by atoms with van der Waals surface area (Å²) in [5.41, 5.74) is 3.53. The lowest BCUT2D eigenvalue weighted by atomic mass is 10.1. The standard InChI is InChI=1S/C24H19NO5S/c1-16-6-12-21(13-7-16)31(27,28)30-20-10-8-18(9-11-20)15-22-24(26)29-23(25-22)19-5-3-4-17(2)14-19/h3-15H,1-2H3/b22-15-. The van der Waals surface area contributed by atoms with E-state index in [0.29, 0.717) is 5.56 Å². The second kappa shape index (κ2) is 8.20. The van der Waals surface area contributed by atoms with Gasteiger partial charge >= 0.3 is 16.1 Å². The summed E-state index contributed by atoms with van der Waals surface area (Å²) in [6, 6.07) is 20.2. The number of esters is 1. The first-order chi connectivity index (χ1) is 14.8. The predicted molar refractivity (Wildman–Crippen MR) is 117 cm³/mol. The van der Waals surface area contributed by atoms with Crippen LogP contribution in [0.1, 0.15) is 22.3 Å². The molecule has 0 bridgehead atoms. The SMILES string of the molecule is Cc1ccc(S(=O)(=O)Oc2ccc(/C=C3\N=C(c4cccc(C)c4)OC3=O)cc2)cc1. The molecule has 1 aliphatic heterocycles. The number of hydrogen-bond donors (Lipinski definition) is 0. The molecule has 0 aliphatic carbocycles. The fourth-order valence-corrected chi connectivity index (χ4v) is 3.90. The van der Waals surface area contributed by atoms with Crippen LogP contribution in [-0.4, -0.2) is 20.3 Å². The molecule has 3 aromatic carbocycles. The molecule has 0 saturated carbocycles. The molecule has 0 fully saturated rings. The van der Waals surface area contributed by atoms with E-state index in [0.717, 1.165) is 16.7 Å². The summed E-state index contributed by atoms with van der Waals surface area (Å²) >= 11 is 0. The van der Waals surface area contributed by atoms with Gasteiger partial charge in [0.25, 0.3) is 0 Å². The molecule has 0 atom stereocenters. The molecule has 0 unspecified atom stereocenters. The summed E-state index contributed by atoms with van der Waals surface area (Å²) in [4.78, 5) is 16.5. The van der Waals surface area contributed by atoms with Gasteiger partial charge in [-0.05, 0) is 61.9 Å². The van der Waals surface area contributed by atoms with Crippen molar-refractivity contribution in [2.24, 2.45) is 4.99 Å². The number of nitrogens with zero attached hydrogens (tertiary/aromatic N) is 1. The monoisotopic (exact) mass is 433 g/mol. The Morgan fingerprint density at radius 3 is 2.29 bits per heavy atom. The maximum Gasteiger partial charge on any atom is 0.363 e. The van der Waals surface area contributed by atoms with Crippen molar-refractivity contribution in [3.05, 3.63) is 101 Å². The van der Waals surface area contributed by atoms with Crippen LogP contribution < -0.4 is 4.18 Å². The van der Waals surface area contributed by atoms with Gasteiger partial charge in [0.1, 0.15) is 10.6 Å². The number of hydrogen-bond acceptors (Lipinski definition) is 6. The first-order valence-corrected chi connectivity index (χ1v) is 10.9. The average molecular weight is 433 g/mol. The number of rotatable bonds is 5. The number of carbonyl (C=O) groups is 1. The highest BCUT2D eigenvalue weighted by Crippen LogP contribution is 2.23. The van der Waals surface area contributed by atoms with Gasteiger partial charge in [0.05, 0.1) is 0 Å². The molecule has 6 nitrogen and oxygen atoms in total. The number of cyclic esters (lactones) is 1. The van der Waals surface area contributed by atoms with Crippen LogP contribution in [0.15, 0.2) is 88.4 Å². The Kier molecular flexibility index (Phi) is 5.44. The zero-order valence-electron chi connectivity index (χ0n) is 16.9. The quantitative estimate of drug-likeness (QED) is 0.338. The molecular weight excluding hydrogens is 414 g/mol. The molecule has 0 amide bonds. The second-order valence-electron chi connectivity index (χ2n) is 7.13. The van der Waals surface area contributed by atoms with E-state index in [1.165, 1.54) is 24.3 Å². The van der Waals surface area contributed by atoms with Gasteiger partial charge in [-0.2, -0.15) is 8.42 Å². The van der Waals surface area contributed by atoms with E-state index in [2.05, 4.69) is 4.99 Å². The summed E-state index contributed by atoms with van der Waals surface area (Å²) in [6.07, 6.45) is 1.57. The molecule has 0 spiro atoms. The lowest BCUT2D eigenvalue weighted by Crippen LogP contribution is -2.09. The Bertz CT molecular complexity index is 1300. The molecule has 3 aromatic rings. The fourth-order valence-electron chi connectivity index (χ4n) is 2.97. The molecule has 156 valence electrons. The van der Waals surface area contributed by atoms with Gasteiger partial charge in [-0.25, -0.2) is 9.79 Å². The average Bonchev–Trinajstić information content (AvgIpc) is 3.10. The summed E-state index contributed by atoms with van der Waals surface area (Å²) in [5.74, 6) is -0.122. The molecule has 0 radical (unpaired) electrons. The molecule has 0 saturated heterocycles. The van der Waals surface area contributed by atoms with Gasteiger partial charge in [0, 0.05) is 5.56 Å². The normalized spacial score (nSPS) is 15.0. The van der Waals surface area contributed by atoms with E-state index in [1.807, 2.05) is 38.1 Å². The maximum atomic E-state index is 12.4. The van der Waals surface area contributed by atoms with Crippen LogP contribution in [-0.2, 0) is 19.6 Å². The highest BCUT2D eigenvalue weighted by molar-refractivity contribution is 7.87. The number of aryl methyl sites for hydroxylation is 2. The first-order valence-electron chi connectivity index (χ1n) is 9.51. The van der Waals surface area contributed by atoms with Crippen LogP contribution in [0, 0.1) is 13.8 Å². The van der Waals surface area contributed by atoms with Gasteiger partial charge in [-0.15, -0.1) is 0 Å². The lowest BCUT2D eigenvalue weighted by Gasteiger charge is -2.07. The van der Waals surface area contributed by atoms with E-state index >= 15 is 0 Å². The van der Waals surface area contributed by atoms with Crippen molar-refractivity contribution in [2.45, 2.75) is 18.7 Å². The van der Waals surface area contributed by atoms with Crippen molar-refractivity contribution < 1.29 is 22.1 Å². The molecule has 0 aromatic heterocycles. The van der Waals surface area contributed by atoms with Crippen LogP contribution in [0.2, 0.25) is 0 Å². The summed E-state index contributed by atoms with van der Waals surface area (Å²) in [6.45, 7) is 3.82. The maximum absolute atomic E-state index is 12.4. The Morgan fingerprint density at radius 1 is 0.903 bits per heavy atom. The van der Waals surface area contributed by atoms with E-state index in [-0.39, 0.29) is 22.2 Å². The van der Waals surface area contributed by atoms with Gasteiger partial charge in [-0.3, -0.25) is 0 Å². The Balaban J connectivity index is 1.52. The van der Waals surface area contributed by atoms with Crippen LogP contribution in [0.3, 0.4) is 0 Å². The smallest absolute Gasteiger partial charge is 0.363 e. The molecule has 31 heavy (non-hydrogen) atoms. The summed E-state index contributed by atoms with van der Waals surface area (Å²) in [5, 5.41) is 0. The van der Waals surface area contributed by atoms with E-state index in [9.17, 15) is 13.2 Å². The highest BCUT2D eigenvalue weighted by atomic mass is 32.2. The fraction of sp³-hybridized carbons (Fsp3) is 0.0833. The zero-order chi connectivity index (χ0) is 22.0. The van der Waals surface area contributed by atoms with Gasteiger partial charge in [-0.1, -0.05) is 47.5 Å². The van der Waals surface area contributed by atoms with Crippen LogP contribution in [0.25, 0.3) is 6.08 Å². The molecule has 0 N–H and O–H groups in total. The minimum absolute atomic E-state index is 0.0796. The van der Waals surface area contributed by atoms with E-state index in [4.69, 9.17) is 8.92 Å². The number of benzene rings is 3. The molecule has 1 aliphatic rings. The van der Waals surface area contributed by atoms with Crippen molar-refractivity contribution in [1.29, 1.82) is 0 Å². The predicted octanol–water partition coefficient (Wildman–Crippen LogP) is 4.42. The number of carbonyl (C=O) groups excluding carboxylic acids is 1. The zero-order valence-corrected chi connectivity index (χ0v) is 17.7. The van der Waals surface area contributed by atoms with Crippen molar-refractivity contribution in [3.8, 4) is 5.75 Å². The molecule has 7 heteroatoms. The highest BCUT2D eigenvalue weighted by Gasteiger charge is 2.24. The van der Waals surface area contributed by atoms with Crippen molar-refractivity contribution >= 4 is 28.1 Å². The molecular formula is C24H19NO5S. The van der Waals surface area contributed by atoms with Crippen LogP contribution in [0.5, 0.6) is 5.75 Å². The van der Waals surface area contributed by atoms with Gasteiger partial charge in [0.2, 0.25) is 5.90 Å². The largest absolute Gasteiger partial charge is 0.402 e.